The van der Waals surface area contributed by atoms with E-state index >= 15 is 0 Å². The molecule has 190 valence electrons. The third kappa shape index (κ3) is 4.72. The Labute approximate surface area is 220 Å². The Bertz CT molecular complexity index is 1570. The average molecular weight is 507 g/mol. The number of anilines is 1. The number of aromatic nitrogens is 4. The molecular formula is C30H27FN6O. The third-order valence-electron chi connectivity index (χ3n) is 6.90. The summed E-state index contributed by atoms with van der Waals surface area (Å²) in [6.45, 7) is 4.41. The Morgan fingerprint density at radius 3 is 2.29 bits per heavy atom. The van der Waals surface area contributed by atoms with Crippen molar-refractivity contribution in [2.24, 2.45) is 0 Å². The Morgan fingerprint density at radius 1 is 0.868 bits per heavy atom. The number of carbonyl (C=O) groups is 1. The SMILES string of the molecule is Cc1ccc(Cc2nc(N3CCN(C(=O)c4ccc(F)cc4)CC3)c3cnn(-c4ccccc4)c3n2)cc1. The maximum atomic E-state index is 13.3. The Morgan fingerprint density at radius 2 is 1.58 bits per heavy atom. The molecule has 8 heteroatoms. The summed E-state index contributed by atoms with van der Waals surface area (Å²) in [5, 5.41) is 5.54. The van der Waals surface area contributed by atoms with Crippen LogP contribution in [0.3, 0.4) is 0 Å². The van der Waals surface area contributed by atoms with E-state index in [0.29, 0.717) is 38.2 Å². The van der Waals surface area contributed by atoms with Crippen molar-refractivity contribution < 1.29 is 9.18 Å². The lowest BCUT2D eigenvalue weighted by Gasteiger charge is -2.35. The molecule has 7 nitrogen and oxygen atoms in total. The van der Waals surface area contributed by atoms with E-state index in [1.165, 1.54) is 29.8 Å². The van der Waals surface area contributed by atoms with Crippen molar-refractivity contribution >= 4 is 22.8 Å². The fourth-order valence-corrected chi connectivity index (χ4v) is 4.80. The van der Waals surface area contributed by atoms with E-state index in [9.17, 15) is 9.18 Å². The Balaban J connectivity index is 1.32. The van der Waals surface area contributed by atoms with Crippen molar-refractivity contribution in [3.8, 4) is 5.69 Å². The van der Waals surface area contributed by atoms with Gasteiger partial charge >= 0.3 is 0 Å². The van der Waals surface area contributed by atoms with Gasteiger partial charge in [-0.1, -0.05) is 48.0 Å². The quantitative estimate of drug-likeness (QED) is 0.342. The summed E-state index contributed by atoms with van der Waals surface area (Å²) in [4.78, 5) is 26.9. The van der Waals surface area contributed by atoms with Crippen LogP contribution in [0.2, 0.25) is 0 Å². The van der Waals surface area contributed by atoms with Gasteiger partial charge in [0.2, 0.25) is 0 Å². The molecule has 6 rings (SSSR count). The number of piperazine rings is 1. The second-order valence-electron chi connectivity index (χ2n) is 9.54. The molecule has 0 aliphatic carbocycles. The molecule has 0 unspecified atom stereocenters. The summed E-state index contributed by atoms with van der Waals surface area (Å²) >= 11 is 0. The number of nitrogens with zero attached hydrogens (tertiary/aromatic N) is 6. The van der Waals surface area contributed by atoms with Gasteiger partial charge in [0.1, 0.15) is 17.5 Å². The van der Waals surface area contributed by atoms with Gasteiger partial charge in [0, 0.05) is 38.2 Å². The van der Waals surface area contributed by atoms with E-state index in [2.05, 4.69) is 41.2 Å². The van der Waals surface area contributed by atoms with Gasteiger partial charge in [0.15, 0.2) is 5.65 Å². The fourth-order valence-electron chi connectivity index (χ4n) is 4.80. The van der Waals surface area contributed by atoms with Crippen LogP contribution in [0.25, 0.3) is 16.7 Å². The van der Waals surface area contributed by atoms with E-state index in [1.807, 2.05) is 46.1 Å². The first-order valence-electron chi connectivity index (χ1n) is 12.7. The molecule has 38 heavy (non-hydrogen) atoms. The summed E-state index contributed by atoms with van der Waals surface area (Å²) in [7, 11) is 0. The number of rotatable bonds is 5. The zero-order valence-electron chi connectivity index (χ0n) is 21.1. The number of amides is 1. The highest BCUT2D eigenvalue weighted by molar-refractivity contribution is 5.94. The minimum atomic E-state index is -0.350. The highest BCUT2D eigenvalue weighted by atomic mass is 19.1. The molecule has 0 spiro atoms. The molecule has 0 radical (unpaired) electrons. The monoisotopic (exact) mass is 506 g/mol. The van der Waals surface area contributed by atoms with Crippen molar-refractivity contribution in [2.45, 2.75) is 13.3 Å². The number of hydrogen-bond donors (Lipinski definition) is 0. The van der Waals surface area contributed by atoms with Gasteiger partial charge in [0.05, 0.1) is 17.3 Å². The molecule has 3 heterocycles. The molecule has 1 aliphatic heterocycles. The first kappa shape index (κ1) is 23.8. The molecule has 1 amide bonds. The van der Waals surface area contributed by atoms with E-state index in [4.69, 9.17) is 9.97 Å². The molecule has 0 N–H and O–H groups in total. The van der Waals surface area contributed by atoms with E-state index < -0.39 is 0 Å². The summed E-state index contributed by atoms with van der Waals surface area (Å²) in [6, 6.07) is 24.1. The van der Waals surface area contributed by atoms with Crippen LogP contribution in [0, 0.1) is 12.7 Å². The number of benzene rings is 3. The van der Waals surface area contributed by atoms with Crippen LogP contribution in [0.15, 0.2) is 85.1 Å². The van der Waals surface area contributed by atoms with Gasteiger partial charge in [-0.25, -0.2) is 19.0 Å². The molecule has 0 atom stereocenters. The summed E-state index contributed by atoms with van der Waals surface area (Å²) in [5.41, 5.74) is 4.53. The average Bonchev–Trinajstić information content (AvgIpc) is 3.38. The van der Waals surface area contributed by atoms with Gasteiger partial charge in [-0.15, -0.1) is 0 Å². The first-order chi connectivity index (χ1) is 18.5. The maximum Gasteiger partial charge on any atom is 0.253 e. The molecule has 0 saturated carbocycles. The van der Waals surface area contributed by atoms with Crippen LogP contribution in [0.5, 0.6) is 0 Å². The fraction of sp³-hybridized carbons (Fsp3) is 0.200. The third-order valence-corrected chi connectivity index (χ3v) is 6.90. The summed E-state index contributed by atoms with van der Waals surface area (Å²) in [5.74, 6) is 1.11. The topological polar surface area (TPSA) is 67.2 Å². The van der Waals surface area contributed by atoms with E-state index in [1.54, 1.807) is 0 Å². The maximum absolute atomic E-state index is 13.3. The van der Waals surface area contributed by atoms with Crippen molar-refractivity contribution in [3.05, 3.63) is 113 Å². The van der Waals surface area contributed by atoms with Crippen LogP contribution < -0.4 is 4.90 Å². The van der Waals surface area contributed by atoms with Crippen LogP contribution in [-0.4, -0.2) is 56.7 Å². The van der Waals surface area contributed by atoms with Crippen molar-refractivity contribution in [1.29, 1.82) is 0 Å². The zero-order valence-corrected chi connectivity index (χ0v) is 21.1. The van der Waals surface area contributed by atoms with Crippen LogP contribution >= 0.6 is 0 Å². The lowest BCUT2D eigenvalue weighted by molar-refractivity contribution is 0.0746. The van der Waals surface area contributed by atoms with E-state index in [-0.39, 0.29) is 11.7 Å². The molecule has 0 bridgehead atoms. The predicted octanol–water partition coefficient (Wildman–Crippen LogP) is 4.82. The molecular weight excluding hydrogens is 479 g/mol. The Kier molecular flexibility index (Phi) is 6.29. The first-order valence-corrected chi connectivity index (χ1v) is 12.7. The van der Waals surface area contributed by atoms with E-state index in [0.717, 1.165) is 33.9 Å². The Hall–Kier alpha value is -4.59. The molecule has 5 aromatic rings. The molecule has 3 aromatic carbocycles. The lowest BCUT2D eigenvalue weighted by atomic mass is 10.1. The largest absolute Gasteiger partial charge is 0.352 e. The van der Waals surface area contributed by atoms with Crippen molar-refractivity contribution in [2.75, 3.05) is 31.1 Å². The van der Waals surface area contributed by atoms with Crippen LogP contribution in [0.1, 0.15) is 27.3 Å². The van der Waals surface area contributed by atoms with Crippen LogP contribution in [-0.2, 0) is 6.42 Å². The zero-order chi connectivity index (χ0) is 26.1. The van der Waals surface area contributed by atoms with Crippen molar-refractivity contribution in [1.82, 2.24) is 24.6 Å². The van der Waals surface area contributed by atoms with Gasteiger partial charge in [-0.3, -0.25) is 4.79 Å². The predicted molar refractivity (Wildman–Crippen MR) is 145 cm³/mol. The number of halogens is 1. The van der Waals surface area contributed by atoms with Crippen LogP contribution in [0.4, 0.5) is 10.2 Å². The second-order valence-corrected chi connectivity index (χ2v) is 9.54. The van der Waals surface area contributed by atoms with Gasteiger partial charge in [0.25, 0.3) is 5.91 Å². The minimum Gasteiger partial charge on any atom is -0.352 e. The summed E-state index contributed by atoms with van der Waals surface area (Å²) in [6.07, 6.45) is 2.43. The number of aryl methyl sites for hydroxylation is 1. The normalized spacial score (nSPS) is 13.7. The smallest absolute Gasteiger partial charge is 0.253 e. The second kappa shape index (κ2) is 10.0. The van der Waals surface area contributed by atoms with Gasteiger partial charge in [-0.05, 0) is 48.9 Å². The molecule has 1 fully saturated rings. The van der Waals surface area contributed by atoms with Crippen molar-refractivity contribution in [3.63, 3.8) is 0 Å². The summed E-state index contributed by atoms with van der Waals surface area (Å²) < 4.78 is 15.2. The highest BCUT2D eigenvalue weighted by Gasteiger charge is 2.26. The standard InChI is InChI=1S/C30H27FN6O/c1-21-7-9-22(10-8-21)19-27-33-28(26-20-32-37(29(26)34-27)25-5-3-2-4-6-25)35-15-17-36(18-16-35)30(38)23-11-13-24(31)14-12-23/h2-14,20H,15-19H2,1H3. The lowest BCUT2D eigenvalue weighted by Crippen LogP contribution is -2.49. The molecule has 2 aromatic heterocycles. The molecule has 1 saturated heterocycles. The molecule has 1 aliphatic rings. The number of fused-ring (bicyclic) bond motifs is 1. The highest BCUT2D eigenvalue weighted by Crippen LogP contribution is 2.28. The number of para-hydroxylation sites is 1. The van der Waals surface area contributed by atoms with Gasteiger partial charge in [-0.2, -0.15) is 5.10 Å². The van der Waals surface area contributed by atoms with Gasteiger partial charge < -0.3 is 9.80 Å². The minimum absolute atomic E-state index is 0.0885. The number of carbonyl (C=O) groups excluding carboxylic acids is 1. The number of hydrogen-bond acceptors (Lipinski definition) is 5.